The number of rotatable bonds is 2. The first-order chi connectivity index (χ1) is 17.1. The first-order valence-corrected chi connectivity index (χ1v) is 11.3. The van der Waals surface area contributed by atoms with Crippen LogP contribution in [-0.4, -0.2) is 24.7 Å². The summed E-state index contributed by atoms with van der Waals surface area (Å²) in [6, 6.07) is 11.0. The van der Waals surface area contributed by atoms with E-state index in [0.717, 1.165) is 16.8 Å². The number of aromatic nitrogens is 5. The zero-order valence-electron chi connectivity index (χ0n) is 19.1. The maximum Gasteiger partial charge on any atom is 0.417 e. The van der Waals surface area contributed by atoms with Gasteiger partial charge in [-0.25, -0.2) is 14.6 Å². The molecule has 36 heavy (non-hydrogen) atoms. The second-order valence-corrected chi connectivity index (χ2v) is 8.79. The number of nitrogen functional groups attached to an aromatic ring is 1. The van der Waals surface area contributed by atoms with Gasteiger partial charge in [0, 0.05) is 28.8 Å². The van der Waals surface area contributed by atoms with Crippen LogP contribution < -0.4 is 5.73 Å². The maximum atomic E-state index is 13.3. The van der Waals surface area contributed by atoms with Gasteiger partial charge in [-0.1, -0.05) is 35.7 Å². The van der Waals surface area contributed by atoms with Crippen molar-refractivity contribution in [2.75, 3.05) is 5.73 Å². The molecule has 0 bridgehead atoms. The van der Waals surface area contributed by atoms with Gasteiger partial charge >= 0.3 is 6.18 Å². The fourth-order valence-corrected chi connectivity index (χ4v) is 4.13. The van der Waals surface area contributed by atoms with Gasteiger partial charge in [0.1, 0.15) is 17.8 Å². The number of hydrogen-bond donors (Lipinski definition) is 1. The van der Waals surface area contributed by atoms with Crippen LogP contribution in [0, 0.1) is 11.8 Å². The molecule has 0 aliphatic heterocycles. The third-order valence-electron chi connectivity index (χ3n) is 5.66. The van der Waals surface area contributed by atoms with Gasteiger partial charge in [0.2, 0.25) is 0 Å². The largest absolute Gasteiger partial charge is 0.417 e. The molecular weight excluding hydrogens is 489 g/mol. The number of pyridine rings is 1. The predicted octanol–water partition coefficient (Wildman–Crippen LogP) is 6.28. The molecule has 0 amide bonds. The van der Waals surface area contributed by atoms with Crippen molar-refractivity contribution in [3.05, 3.63) is 76.8 Å². The van der Waals surface area contributed by atoms with Gasteiger partial charge in [0.25, 0.3) is 0 Å². The van der Waals surface area contributed by atoms with Gasteiger partial charge in [-0.15, -0.1) is 0 Å². The summed E-state index contributed by atoms with van der Waals surface area (Å²) in [4.78, 5) is 12.8. The van der Waals surface area contributed by atoms with Crippen LogP contribution in [-0.2, 0) is 6.18 Å². The molecule has 0 saturated heterocycles. The Balaban J connectivity index is 1.58. The van der Waals surface area contributed by atoms with E-state index in [0.29, 0.717) is 39.4 Å². The molecule has 0 fully saturated rings. The van der Waals surface area contributed by atoms with Crippen LogP contribution >= 0.6 is 11.6 Å². The fourth-order valence-electron chi connectivity index (χ4n) is 3.91. The number of alkyl halides is 3. The van der Waals surface area contributed by atoms with Crippen molar-refractivity contribution in [2.45, 2.75) is 26.1 Å². The summed E-state index contributed by atoms with van der Waals surface area (Å²) in [7, 11) is 0. The monoisotopic (exact) mass is 506 g/mol. The van der Waals surface area contributed by atoms with E-state index in [-0.39, 0.29) is 11.1 Å². The molecule has 3 heterocycles. The second kappa shape index (κ2) is 8.81. The number of halogens is 4. The highest BCUT2D eigenvalue weighted by Crippen LogP contribution is 2.37. The van der Waals surface area contributed by atoms with E-state index in [1.807, 2.05) is 32.0 Å². The molecule has 180 valence electrons. The summed E-state index contributed by atoms with van der Waals surface area (Å²) in [5.41, 5.74) is 7.63. The summed E-state index contributed by atoms with van der Waals surface area (Å²) in [5.74, 6) is 6.50. The topological polar surface area (TPSA) is 82.5 Å². The second-order valence-electron chi connectivity index (χ2n) is 8.38. The molecule has 2 aromatic carbocycles. The van der Waals surface area contributed by atoms with E-state index in [1.165, 1.54) is 18.5 Å². The Morgan fingerprint density at radius 3 is 2.58 bits per heavy atom. The molecule has 6 nitrogen and oxygen atoms in total. The molecule has 0 aliphatic rings. The van der Waals surface area contributed by atoms with Crippen LogP contribution in [0.2, 0.25) is 5.02 Å². The van der Waals surface area contributed by atoms with Crippen LogP contribution in [0.25, 0.3) is 33.1 Å². The van der Waals surface area contributed by atoms with Crippen LogP contribution in [0.1, 0.15) is 36.7 Å². The smallest absolute Gasteiger partial charge is 0.383 e. The number of anilines is 1. The van der Waals surface area contributed by atoms with Gasteiger partial charge in [-0.2, -0.15) is 18.3 Å². The van der Waals surface area contributed by atoms with E-state index in [9.17, 15) is 13.2 Å². The molecule has 2 N–H and O–H groups in total. The summed E-state index contributed by atoms with van der Waals surface area (Å²) in [6.45, 7) is 3.96. The lowest BCUT2D eigenvalue weighted by Gasteiger charge is -2.11. The van der Waals surface area contributed by atoms with Crippen molar-refractivity contribution in [1.82, 2.24) is 24.7 Å². The van der Waals surface area contributed by atoms with Gasteiger partial charge in [0.15, 0.2) is 5.65 Å². The zero-order valence-corrected chi connectivity index (χ0v) is 19.9. The summed E-state index contributed by atoms with van der Waals surface area (Å²) in [5, 5.41) is 6.32. The number of benzene rings is 2. The standard InChI is InChI=1S/C26H18ClF3N6/c1-14(2)36-25-23(24(31)33-13-34-25)21(35-36)9-7-15-4-3-5-16-11-22(32-12-18(15)16)17-6-8-20(27)19(10-17)26(28,29)30/h3-6,8,10-14H,1-2H3,(H2,31,33,34). The van der Waals surface area contributed by atoms with E-state index >= 15 is 0 Å². The van der Waals surface area contributed by atoms with E-state index in [1.54, 1.807) is 16.9 Å². The van der Waals surface area contributed by atoms with Crippen molar-refractivity contribution in [1.29, 1.82) is 0 Å². The molecule has 0 unspecified atom stereocenters. The number of nitrogens with zero attached hydrogens (tertiary/aromatic N) is 5. The Kier molecular flexibility index (Phi) is 5.77. The van der Waals surface area contributed by atoms with E-state index < -0.39 is 11.7 Å². The Hall–Kier alpha value is -4.16. The molecule has 0 radical (unpaired) electrons. The van der Waals surface area contributed by atoms with Crippen LogP contribution in [0.4, 0.5) is 19.0 Å². The van der Waals surface area contributed by atoms with Gasteiger partial charge in [0.05, 0.1) is 21.7 Å². The SMILES string of the molecule is CC(C)n1nc(C#Cc2cccc3cc(-c4ccc(Cl)c(C(F)(F)F)c4)ncc23)c2c(N)ncnc21. The average Bonchev–Trinajstić information content (AvgIpc) is 3.22. The summed E-state index contributed by atoms with van der Waals surface area (Å²) < 4.78 is 41.6. The Bertz CT molecular complexity index is 1700. The molecular formula is C26H18ClF3N6. The van der Waals surface area contributed by atoms with Gasteiger partial charge in [-0.3, -0.25) is 4.98 Å². The lowest BCUT2D eigenvalue weighted by atomic mass is 10.0. The Labute approximate surface area is 209 Å². The molecule has 3 aromatic heterocycles. The third kappa shape index (κ3) is 4.20. The van der Waals surface area contributed by atoms with Crippen molar-refractivity contribution >= 4 is 39.2 Å². The molecule has 0 spiro atoms. The van der Waals surface area contributed by atoms with Crippen LogP contribution in [0.5, 0.6) is 0 Å². The molecule has 0 saturated carbocycles. The highest BCUT2D eigenvalue weighted by atomic mass is 35.5. The zero-order chi connectivity index (χ0) is 25.6. The first kappa shape index (κ1) is 23.6. The highest BCUT2D eigenvalue weighted by molar-refractivity contribution is 6.31. The number of fused-ring (bicyclic) bond motifs is 2. The maximum absolute atomic E-state index is 13.3. The summed E-state index contributed by atoms with van der Waals surface area (Å²) in [6.07, 6.45) is -1.57. The minimum atomic E-state index is -4.56. The van der Waals surface area contributed by atoms with E-state index in [2.05, 4.69) is 31.9 Å². The predicted molar refractivity (Wildman–Crippen MR) is 133 cm³/mol. The molecule has 10 heteroatoms. The minimum Gasteiger partial charge on any atom is -0.383 e. The van der Waals surface area contributed by atoms with Gasteiger partial charge in [-0.05, 0) is 49.4 Å². The first-order valence-electron chi connectivity index (χ1n) is 10.9. The molecule has 5 rings (SSSR count). The number of nitrogens with two attached hydrogens (primary N) is 1. The lowest BCUT2D eigenvalue weighted by molar-refractivity contribution is -0.137. The lowest BCUT2D eigenvalue weighted by Crippen LogP contribution is -2.06. The van der Waals surface area contributed by atoms with Crippen molar-refractivity contribution in [2.24, 2.45) is 0 Å². The summed E-state index contributed by atoms with van der Waals surface area (Å²) >= 11 is 5.76. The van der Waals surface area contributed by atoms with Crippen molar-refractivity contribution < 1.29 is 13.2 Å². The molecule has 5 aromatic rings. The quantitative estimate of drug-likeness (QED) is 0.285. The fraction of sp³-hybridized carbons (Fsp3) is 0.154. The van der Waals surface area contributed by atoms with Gasteiger partial charge < -0.3 is 5.73 Å². The third-order valence-corrected chi connectivity index (χ3v) is 5.98. The van der Waals surface area contributed by atoms with E-state index in [4.69, 9.17) is 17.3 Å². The molecule has 0 atom stereocenters. The van der Waals surface area contributed by atoms with Crippen LogP contribution in [0.15, 0.2) is 55.0 Å². The Morgan fingerprint density at radius 2 is 1.83 bits per heavy atom. The minimum absolute atomic E-state index is 0.0447. The van der Waals surface area contributed by atoms with Crippen molar-refractivity contribution in [3.63, 3.8) is 0 Å². The normalized spacial score (nSPS) is 11.8. The van der Waals surface area contributed by atoms with Crippen LogP contribution in [0.3, 0.4) is 0 Å². The van der Waals surface area contributed by atoms with Crippen molar-refractivity contribution in [3.8, 4) is 23.1 Å². The highest BCUT2D eigenvalue weighted by Gasteiger charge is 2.33. The number of hydrogen-bond acceptors (Lipinski definition) is 5. The average molecular weight is 507 g/mol. The molecule has 0 aliphatic carbocycles. The Morgan fingerprint density at radius 1 is 1.03 bits per heavy atom.